The zero-order valence-electron chi connectivity index (χ0n) is 12.5. The van der Waals surface area contributed by atoms with Gasteiger partial charge in [-0.15, -0.1) is 0 Å². The second-order valence-corrected chi connectivity index (χ2v) is 5.48. The molecule has 2 aromatic rings. The van der Waals surface area contributed by atoms with Gasteiger partial charge in [-0.25, -0.2) is 4.98 Å². The first kappa shape index (κ1) is 14.0. The number of nitrogens with zero attached hydrogens (tertiary/aromatic N) is 4. The van der Waals surface area contributed by atoms with Crippen LogP contribution < -0.4 is 10.3 Å². The lowest BCUT2D eigenvalue weighted by Crippen LogP contribution is -2.47. The number of ether oxygens (including phenoxy) is 1. The fourth-order valence-corrected chi connectivity index (χ4v) is 2.71. The first-order valence-electron chi connectivity index (χ1n) is 7.34. The van der Waals surface area contributed by atoms with E-state index in [2.05, 4.69) is 21.8 Å². The van der Waals surface area contributed by atoms with E-state index in [0.29, 0.717) is 23.6 Å². The molecule has 1 aliphatic rings. The first-order valence-corrected chi connectivity index (χ1v) is 7.34. The van der Waals surface area contributed by atoms with Crippen LogP contribution in [0.1, 0.15) is 13.3 Å². The van der Waals surface area contributed by atoms with Crippen LogP contribution in [0.5, 0.6) is 5.88 Å². The summed E-state index contributed by atoms with van der Waals surface area (Å²) in [5, 5.41) is 0. The molecule has 0 unspecified atom stereocenters. The second-order valence-electron chi connectivity index (χ2n) is 5.48. The van der Waals surface area contributed by atoms with Gasteiger partial charge in [0.2, 0.25) is 5.88 Å². The van der Waals surface area contributed by atoms with Crippen LogP contribution in [-0.2, 0) is 6.54 Å². The molecule has 0 aromatic carbocycles. The molecule has 1 fully saturated rings. The number of likely N-dealkylation sites (tertiary alicyclic amines) is 1. The Kier molecular flexibility index (Phi) is 3.88. The number of pyridine rings is 1. The summed E-state index contributed by atoms with van der Waals surface area (Å²) in [5.41, 5.74) is 1.19. The van der Waals surface area contributed by atoms with Crippen LogP contribution in [0.25, 0.3) is 11.2 Å². The summed E-state index contributed by atoms with van der Waals surface area (Å²) >= 11 is 0. The Morgan fingerprint density at radius 1 is 1.33 bits per heavy atom. The zero-order chi connectivity index (χ0) is 14.8. The third-order valence-electron chi connectivity index (χ3n) is 4.12. The summed E-state index contributed by atoms with van der Waals surface area (Å²) in [5.74, 6) is 1.31. The van der Waals surface area contributed by atoms with Crippen molar-refractivity contribution in [2.24, 2.45) is 5.92 Å². The van der Waals surface area contributed by atoms with Gasteiger partial charge >= 0.3 is 0 Å². The van der Waals surface area contributed by atoms with Gasteiger partial charge in [0.25, 0.3) is 5.56 Å². The second kappa shape index (κ2) is 5.81. The molecule has 21 heavy (non-hydrogen) atoms. The van der Waals surface area contributed by atoms with Crippen molar-refractivity contribution in [1.29, 1.82) is 0 Å². The third kappa shape index (κ3) is 2.76. The molecule has 3 heterocycles. The van der Waals surface area contributed by atoms with Crippen molar-refractivity contribution in [2.75, 3.05) is 26.7 Å². The lowest BCUT2D eigenvalue weighted by Gasteiger charge is -2.38. The number of rotatable bonds is 5. The summed E-state index contributed by atoms with van der Waals surface area (Å²) in [6.45, 7) is 5.98. The minimum Gasteiger partial charge on any atom is -0.481 e. The summed E-state index contributed by atoms with van der Waals surface area (Å²) in [7, 11) is 1.57. The largest absolute Gasteiger partial charge is 0.481 e. The molecule has 0 atom stereocenters. The van der Waals surface area contributed by atoms with E-state index in [1.54, 1.807) is 17.7 Å². The van der Waals surface area contributed by atoms with Gasteiger partial charge in [-0.2, -0.15) is 4.98 Å². The lowest BCUT2D eigenvalue weighted by molar-refractivity contribution is 0.0938. The topological polar surface area (TPSA) is 60.2 Å². The van der Waals surface area contributed by atoms with Crippen LogP contribution in [0.2, 0.25) is 0 Å². The molecule has 0 spiro atoms. The van der Waals surface area contributed by atoms with Crippen molar-refractivity contribution in [3.63, 3.8) is 0 Å². The molecule has 1 saturated heterocycles. The third-order valence-corrected chi connectivity index (χ3v) is 4.12. The van der Waals surface area contributed by atoms with Gasteiger partial charge in [0.05, 0.1) is 13.3 Å². The van der Waals surface area contributed by atoms with Crippen molar-refractivity contribution in [3.8, 4) is 5.88 Å². The summed E-state index contributed by atoms with van der Waals surface area (Å²) in [4.78, 5) is 22.9. The number of hydrogen-bond acceptors (Lipinski definition) is 5. The number of aromatic nitrogens is 3. The van der Waals surface area contributed by atoms with E-state index in [9.17, 15) is 4.79 Å². The maximum absolute atomic E-state index is 12.1. The van der Waals surface area contributed by atoms with Gasteiger partial charge in [-0.05, 0) is 12.0 Å². The predicted molar refractivity (Wildman–Crippen MR) is 80.6 cm³/mol. The molecule has 6 heteroatoms. The van der Waals surface area contributed by atoms with E-state index >= 15 is 0 Å². The highest BCUT2D eigenvalue weighted by molar-refractivity contribution is 5.70. The van der Waals surface area contributed by atoms with E-state index < -0.39 is 0 Å². The van der Waals surface area contributed by atoms with E-state index in [0.717, 1.165) is 25.6 Å². The highest BCUT2D eigenvalue weighted by Gasteiger charge is 2.24. The van der Waals surface area contributed by atoms with Crippen LogP contribution in [0, 0.1) is 5.92 Å². The summed E-state index contributed by atoms with van der Waals surface area (Å²) in [6.07, 6.45) is 2.59. The van der Waals surface area contributed by atoms with Crippen molar-refractivity contribution in [3.05, 3.63) is 28.7 Å². The van der Waals surface area contributed by atoms with Crippen LogP contribution in [0.3, 0.4) is 0 Å². The Morgan fingerprint density at radius 3 is 2.86 bits per heavy atom. The summed E-state index contributed by atoms with van der Waals surface area (Å²) in [6, 6.07) is 3.58. The van der Waals surface area contributed by atoms with Gasteiger partial charge in [0, 0.05) is 32.2 Å². The number of fused-ring (bicyclic) bond motifs is 1. The smallest absolute Gasteiger partial charge is 0.270 e. The lowest BCUT2D eigenvalue weighted by atomic mass is 9.98. The van der Waals surface area contributed by atoms with Gasteiger partial charge in [0.1, 0.15) is 5.52 Å². The van der Waals surface area contributed by atoms with Gasteiger partial charge < -0.3 is 9.64 Å². The van der Waals surface area contributed by atoms with Crippen molar-refractivity contribution in [1.82, 2.24) is 19.4 Å². The average molecular weight is 288 g/mol. The first-order chi connectivity index (χ1) is 10.2. The molecule has 0 radical (unpaired) electrons. The standard InChI is InChI=1S/C15H20N4O2/c1-3-11-9-18(10-11)6-7-19-14(20)8-16-12-4-5-13(21-2)17-15(12)19/h4-5,8,11H,3,6-7,9-10H2,1-2H3. The highest BCUT2D eigenvalue weighted by atomic mass is 16.5. The van der Waals surface area contributed by atoms with E-state index in [1.807, 2.05) is 6.07 Å². The van der Waals surface area contributed by atoms with Crippen LogP contribution in [0.4, 0.5) is 0 Å². The van der Waals surface area contributed by atoms with Crippen molar-refractivity contribution >= 4 is 11.2 Å². The van der Waals surface area contributed by atoms with Crippen LogP contribution in [0.15, 0.2) is 23.1 Å². The van der Waals surface area contributed by atoms with Crippen molar-refractivity contribution < 1.29 is 4.74 Å². The number of methoxy groups -OCH3 is 1. The Bertz CT molecular complexity index is 692. The Balaban J connectivity index is 1.83. The molecule has 0 N–H and O–H groups in total. The quantitative estimate of drug-likeness (QED) is 0.826. The highest BCUT2D eigenvalue weighted by Crippen LogP contribution is 2.18. The molecule has 112 valence electrons. The Morgan fingerprint density at radius 2 is 2.14 bits per heavy atom. The van der Waals surface area contributed by atoms with Gasteiger partial charge in [-0.3, -0.25) is 9.36 Å². The molecular formula is C15H20N4O2. The predicted octanol–water partition coefficient (Wildman–Crippen LogP) is 1.14. The van der Waals surface area contributed by atoms with Gasteiger partial charge in [0.15, 0.2) is 5.65 Å². The van der Waals surface area contributed by atoms with Crippen LogP contribution >= 0.6 is 0 Å². The van der Waals surface area contributed by atoms with E-state index in [-0.39, 0.29) is 5.56 Å². The minimum atomic E-state index is -0.115. The molecule has 0 bridgehead atoms. The Labute approximate surface area is 123 Å². The Hall–Kier alpha value is -1.95. The molecular weight excluding hydrogens is 268 g/mol. The fourth-order valence-electron chi connectivity index (χ4n) is 2.71. The minimum absolute atomic E-state index is 0.115. The number of hydrogen-bond donors (Lipinski definition) is 0. The fraction of sp³-hybridized carbons (Fsp3) is 0.533. The van der Waals surface area contributed by atoms with Gasteiger partial charge in [-0.1, -0.05) is 13.3 Å². The van der Waals surface area contributed by atoms with Crippen LogP contribution in [-0.4, -0.2) is 46.2 Å². The molecule has 0 aliphatic carbocycles. The normalized spacial score (nSPS) is 16.1. The average Bonchev–Trinajstić information content (AvgIpc) is 2.47. The van der Waals surface area contributed by atoms with E-state index in [4.69, 9.17) is 4.74 Å². The molecule has 6 nitrogen and oxygen atoms in total. The molecule has 1 aliphatic heterocycles. The maximum Gasteiger partial charge on any atom is 0.270 e. The van der Waals surface area contributed by atoms with E-state index in [1.165, 1.54) is 12.6 Å². The molecule has 2 aromatic heterocycles. The maximum atomic E-state index is 12.1. The molecule has 3 rings (SSSR count). The van der Waals surface area contributed by atoms with Crippen molar-refractivity contribution in [2.45, 2.75) is 19.9 Å². The SMILES string of the molecule is CCC1CN(CCn2c(=O)cnc3ccc(OC)nc32)C1. The molecule has 0 amide bonds. The zero-order valence-corrected chi connectivity index (χ0v) is 12.5. The monoisotopic (exact) mass is 288 g/mol. The molecule has 0 saturated carbocycles. The summed E-state index contributed by atoms with van der Waals surface area (Å²) < 4.78 is 6.82.